The van der Waals surface area contributed by atoms with Crippen molar-refractivity contribution < 1.29 is 8.39 Å². The fourth-order valence-corrected chi connectivity index (χ4v) is 4.00. The Morgan fingerprint density at radius 1 is 1.15 bits per heavy atom. The molecular formula is C20H27N3O2S. The van der Waals surface area contributed by atoms with Gasteiger partial charge in [-0.1, -0.05) is 37.3 Å². The normalized spacial score (nSPS) is 18.0. The lowest BCUT2D eigenvalue weighted by Crippen LogP contribution is -2.34. The topological polar surface area (TPSA) is 55.3 Å². The number of fused-ring (bicyclic) bond motifs is 1. The van der Waals surface area contributed by atoms with Gasteiger partial charge in [0.1, 0.15) is 5.82 Å². The molecule has 0 saturated carbocycles. The minimum atomic E-state index is -1.43. The monoisotopic (exact) mass is 373 g/mol. The van der Waals surface area contributed by atoms with Gasteiger partial charge in [-0.15, -0.1) is 0 Å². The van der Waals surface area contributed by atoms with Gasteiger partial charge in [-0.2, -0.15) is 0 Å². The molecule has 2 heterocycles. The number of rotatable bonds is 4. The fraction of sp³-hybridized carbons (Fsp3) is 0.500. The summed E-state index contributed by atoms with van der Waals surface area (Å²) in [6.07, 6.45) is 3.48. The maximum Gasteiger partial charge on any atom is 0.237 e. The van der Waals surface area contributed by atoms with Gasteiger partial charge >= 0.3 is 0 Å². The zero-order valence-corrected chi connectivity index (χ0v) is 16.8. The molecule has 0 radical (unpaired) electrons. The first-order valence-corrected chi connectivity index (χ1v) is 10.1. The molecular weight excluding hydrogens is 346 g/mol. The Morgan fingerprint density at radius 3 is 2.54 bits per heavy atom. The van der Waals surface area contributed by atoms with Crippen LogP contribution >= 0.6 is 0 Å². The van der Waals surface area contributed by atoms with Gasteiger partial charge in [-0.25, -0.2) is 18.5 Å². The second kappa shape index (κ2) is 7.94. The molecule has 1 aromatic carbocycles. The van der Waals surface area contributed by atoms with Crippen LogP contribution in [0.4, 0.5) is 0 Å². The molecule has 6 heteroatoms. The Kier molecular flexibility index (Phi) is 5.85. The first kappa shape index (κ1) is 19.1. The summed E-state index contributed by atoms with van der Waals surface area (Å²) in [6.45, 7) is 9.24. The van der Waals surface area contributed by atoms with E-state index in [1.807, 2.05) is 49.5 Å². The van der Waals surface area contributed by atoms with E-state index in [0.717, 1.165) is 29.9 Å². The molecule has 2 aromatic rings. The molecule has 1 aliphatic heterocycles. The maximum absolute atomic E-state index is 12.5. The van der Waals surface area contributed by atoms with Gasteiger partial charge < -0.3 is 0 Å². The lowest BCUT2D eigenvalue weighted by molar-refractivity contribution is 0.138. The summed E-state index contributed by atoms with van der Waals surface area (Å²) < 4.78 is 20.0. The van der Waals surface area contributed by atoms with E-state index in [1.165, 1.54) is 5.56 Å². The molecule has 2 atom stereocenters. The van der Waals surface area contributed by atoms with Gasteiger partial charge in [0.15, 0.2) is 0 Å². The Hall–Kier alpha value is -1.63. The number of benzene rings is 1. The smallest absolute Gasteiger partial charge is 0.237 e. The van der Waals surface area contributed by atoms with E-state index in [4.69, 9.17) is 9.17 Å². The number of nitrogens with zero attached hydrogens (tertiary/aromatic N) is 3. The molecule has 0 bridgehead atoms. The lowest BCUT2D eigenvalue weighted by atomic mass is 10.00. The van der Waals surface area contributed by atoms with E-state index in [2.05, 4.69) is 24.0 Å². The molecule has 0 N–H and O–H groups in total. The molecule has 3 rings (SSSR count). The molecule has 0 amide bonds. The van der Waals surface area contributed by atoms with Gasteiger partial charge in [-0.3, -0.25) is 4.18 Å². The standard InChI is InChI=1S/C20H27N3O2S/c1-15(16-8-6-5-7-9-16)19-21-14-17-10-12-23(13-11-18(17)22-19)26(24)25-20(2,3)4/h5-9,14-15H,10-13H2,1-4H3. The number of aromatic nitrogens is 2. The van der Waals surface area contributed by atoms with Crippen LogP contribution in [0.15, 0.2) is 36.5 Å². The van der Waals surface area contributed by atoms with Crippen molar-refractivity contribution in [2.24, 2.45) is 0 Å². The maximum atomic E-state index is 12.5. The van der Waals surface area contributed by atoms with Crippen LogP contribution in [0.5, 0.6) is 0 Å². The number of hydrogen-bond acceptors (Lipinski definition) is 4. The van der Waals surface area contributed by atoms with Gasteiger partial charge in [0.25, 0.3) is 0 Å². The van der Waals surface area contributed by atoms with Crippen molar-refractivity contribution in [2.45, 2.75) is 52.1 Å². The molecule has 140 valence electrons. The van der Waals surface area contributed by atoms with Crippen molar-refractivity contribution in [1.82, 2.24) is 14.3 Å². The van der Waals surface area contributed by atoms with Crippen LogP contribution in [0.25, 0.3) is 0 Å². The number of hydrogen-bond donors (Lipinski definition) is 0. The van der Waals surface area contributed by atoms with Crippen LogP contribution in [-0.4, -0.2) is 37.2 Å². The predicted octanol–water partition coefficient (Wildman–Crippen LogP) is 3.42. The summed E-state index contributed by atoms with van der Waals surface area (Å²) in [7, 11) is 0. The average molecular weight is 374 g/mol. The highest BCUT2D eigenvalue weighted by Crippen LogP contribution is 2.23. The SMILES string of the molecule is CC(c1ccccc1)c1ncc2c(n1)CCN(S(=O)OC(C)(C)C)CC2. The van der Waals surface area contributed by atoms with Gasteiger partial charge in [0.2, 0.25) is 11.3 Å². The fourth-order valence-electron chi connectivity index (χ4n) is 2.99. The van der Waals surface area contributed by atoms with Crippen molar-refractivity contribution in [3.05, 3.63) is 59.2 Å². The first-order valence-electron chi connectivity index (χ1n) is 9.09. The third kappa shape index (κ3) is 4.75. The van der Waals surface area contributed by atoms with E-state index >= 15 is 0 Å². The predicted molar refractivity (Wildman–Crippen MR) is 104 cm³/mol. The quantitative estimate of drug-likeness (QED) is 0.824. The third-order valence-electron chi connectivity index (χ3n) is 4.42. The van der Waals surface area contributed by atoms with Crippen LogP contribution in [0.1, 0.15) is 56.3 Å². The zero-order valence-electron chi connectivity index (χ0n) is 15.9. The summed E-state index contributed by atoms with van der Waals surface area (Å²) in [5.41, 5.74) is 2.99. The highest BCUT2D eigenvalue weighted by molar-refractivity contribution is 7.77. The molecule has 0 spiro atoms. The van der Waals surface area contributed by atoms with Crippen molar-refractivity contribution in [3.63, 3.8) is 0 Å². The average Bonchev–Trinajstić information content (AvgIpc) is 2.82. The van der Waals surface area contributed by atoms with Crippen molar-refractivity contribution in [3.8, 4) is 0 Å². The summed E-state index contributed by atoms with van der Waals surface area (Å²) in [5.74, 6) is 0.995. The summed E-state index contributed by atoms with van der Waals surface area (Å²) >= 11 is -1.43. The summed E-state index contributed by atoms with van der Waals surface area (Å²) in [6, 6.07) is 10.3. The largest absolute Gasteiger partial charge is 0.272 e. The lowest BCUT2D eigenvalue weighted by Gasteiger charge is -2.24. The Bertz CT molecular complexity index is 774. The van der Waals surface area contributed by atoms with Crippen LogP contribution in [-0.2, 0) is 28.3 Å². The molecule has 0 fully saturated rings. The molecule has 5 nitrogen and oxygen atoms in total. The van der Waals surface area contributed by atoms with Crippen LogP contribution in [0, 0.1) is 0 Å². The van der Waals surface area contributed by atoms with Crippen molar-refractivity contribution in [2.75, 3.05) is 13.1 Å². The van der Waals surface area contributed by atoms with E-state index < -0.39 is 16.9 Å². The zero-order chi connectivity index (χ0) is 18.7. The van der Waals surface area contributed by atoms with Crippen molar-refractivity contribution in [1.29, 1.82) is 0 Å². The molecule has 26 heavy (non-hydrogen) atoms. The molecule has 0 aliphatic carbocycles. The van der Waals surface area contributed by atoms with Crippen LogP contribution < -0.4 is 0 Å². The molecule has 2 unspecified atom stereocenters. The minimum Gasteiger partial charge on any atom is -0.272 e. The van der Waals surface area contributed by atoms with E-state index in [-0.39, 0.29) is 5.92 Å². The van der Waals surface area contributed by atoms with Gasteiger partial charge in [0.05, 0.1) is 5.60 Å². The van der Waals surface area contributed by atoms with E-state index in [1.54, 1.807) is 0 Å². The Labute approximate surface area is 158 Å². The Morgan fingerprint density at radius 2 is 1.85 bits per heavy atom. The molecule has 1 aromatic heterocycles. The summed E-state index contributed by atoms with van der Waals surface area (Å²) in [5, 5.41) is 0. The van der Waals surface area contributed by atoms with Crippen LogP contribution in [0.2, 0.25) is 0 Å². The second-order valence-electron chi connectivity index (χ2n) is 7.67. The second-order valence-corrected chi connectivity index (χ2v) is 8.79. The minimum absolute atomic E-state index is 0.152. The summed E-state index contributed by atoms with van der Waals surface area (Å²) in [4.78, 5) is 9.44. The van der Waals surface area contributed by atoms with E-state index in [9.17, 15) is 4.21 Å². The van der Waals surface area contributed by atoms with Crippen LogP contribution in [0.3, 0.4) is 0 Å². The molecule has 1 aliphatic rings. The van der Waals surface area contributed by atoms with E-state index in [0.29, 0.717) is 13.1 Å². The Balaban J connectivity index is 1.74. The highest BCUT2D eigenvalue weighted by atomic mass is 32.2. The van der Waals surface area contributed by atoms with Gasteiger partial charge in [-0.05, 0) is 38.3 Å². The molecule has 0 saturated heterocycles. The third-order valence-corrected chi connectivity index (χ3v) is 5.85. The first-order chi connectivity index (χ1) is 12.3. The van der Waals surface area contributed by atoms with Gasteiger partial charge in [0, 0.05) is 37.3 Å². The van der Waals surface area contributed by atoms with Crippen molar-refractivity contribution >= 4 is 11.3 Å². The highest BCUT2D eigenvalue weighted by Gasteiger charge is 2.25.